The first-order chi connectivity index (χ1) is 20.2. The maximum absolute atomic E-state index is 15.0. The molecular formula is C32H20F10O. The lowest BCUT2D eigenvalue weighted by Gasteiger charge is -2.29. The Morgan fingerprint density at radius 3 is 1.81 bits per heavy atom. The molecule has 11 heteroatoms. The molecular weight excluding hydrogens is 590 g/mol. The maximum atomic E-state index is 15.0. The predicted molar refractivity (Wildman–Crippen MR) is 138 cm³/mol. The van der Waals surface area contributed by atoms with Gasteiger partial charge in [-0.15, -0.1) is 0 Å². The van der Waals surface area contributed by atoms with E-state index in [0.717, 1.165) is 30.5 Å². The van der Waals surface area contributed by atoms with Crippen molar-refractivity contribution in [3.8, 4) is 17.6 Å². The molecule has 43 heavy (non-hydrogen) atoms. The van der Waals surface area contributed by atoms with Crippen LogP contribution in [0, 0.1) is 40.9 Å². The second kappa shape index (κ2) is 11.5. The molecule has 0 saturated heterocycles. The summed E-state index contributed by atoms with van der Waals surface area (Å²) in [6.07, 6.45) is -7.14. The number of hydrogen-bond donors (Lipinski definition) is 0. The van der Waals surface area contributed by atoms with E-state index in [1.807, 2.05) is 30.3 Å². The quantitative estimate of drug-likeness (QED) is 0.161. The van der Waals surface area contributed by atoms with Gasteiger partial charge in [-0.25, -0.2) is 22.0 Å². The Kier molecular flexibility index (Phi) is 8.07. The highest BCUT2D eigenvalue weighted by molar-refractivity contribution is 5.87. The summed E-state index contributed by atoms with van der Waals surface area (Å²) in [4.78, 5) is 0. The van der Waals surface area contributed by atoms with Crippen molar-refractivity contribution < 1.29 is 48.6 Å². The molecule has 1 nitrogen and oxygen atoms in total. The number of fused-ring (bicyclic) bond motifs is 1. The second-order valence-electron chi connectivity index (χ2n) is 10.2. The molecule has 1 aliphatic rings. The lowest BCUT2D eigenvalue weighted by atomic mass is 9.76. The van der Waals surface area contributed by atoms with E-state index in [1.165, 1.54) is 5.92 Å². The molecule has 4 aromatic rings. The number of benzene rings is 4. The van der Waals surface area contributed by atoms with E-state index in [2.05, 4.69) is 4.74 Å². The number of alkyl halides is 5. The van der Waals surface area contributed by atoms with Crippen LogP contribution in [0.2, 0.25) is 0 Å². The number of ether oxygens (including phenoxy) is 1. The van der Waals surface area contributed by atoms with Crippen LogP contribution in [0.15, 0.2) is 60.7 Å². The summed E-state index contributed by atoms with van der Waals surface area (Å²) in [5.74, 6) is -7.39. The Morgan fingerprint density at radius 1 is 0.651 bits per heavy atom. The van der Waals surface area contributed by atoms with E-state index in [4.69, 9.17) is 0 Å². The number of halogens is 10. The van der Waals surface area contributed by atoms with Crippen LogP contribution in [0.25, 0.3) is 10.8 Å². The zero-order chi connectivity index (χ0) is 31.1. The van der Waals surface area contributed by atoms with Crippen molar-refractivity contribution in [3.05, 3.63) is 112 Å². The smallest absolute Gasteiger partial charge is 0.429 e. The standard InChI is InChI=1S/C32H20F10O/c33-24-15-21-12-22(16-25(34)28(21)30(37)23(24)10-11-31(38,39)40)43-32(41,42)29-26(35)13-20(14-27(29)36)19-8-6-18(7-9-19)17-4-2-1-3-5-17/h1-5,12-16,18-19H,6-9H2. The number of hydrogen-bond acceptors (Lipinski definition) is 1. The van der Waals surface area contributed by atoms with Crippen LogP contribution in [-0.4, -0.2) is 6.18 Å². The van der Waals surface area contributed by atoms with E-state index in [0.29, 0.717) is 30.9 Å². The normalized spacial score (nSPS) is 17.4. The van der Waals surface area contributed by atoms with Crippen LogP contribution in [0.4, 0.5) is 43.9 Å². The Labute approximate surface area is 239 Å². The fourth-order valence-electron chi connectivity index (χ4n) is 5.48. The first-order valence-electron chi connectivity index (χ1n) is 13.1. The maximum Gasteiger partial charge on any atom is 0.458 e. The van der Waals surface area contributed by atoms with Crippen molar-refractivity contribution in [2.24, 2.45) is 0 Å². The van der Waals surface area contributed by atoms with Crippen LogP contribution in [0.5, 0.6) is 5.75 Å². The Bertz CT molecular complexity index is 1700. The topological polar surface area (TPSA) is 9.23 Å². The molecule has 0 atom stereocenters. The van der Waals surface area contributed by atoms with Crippen molar-refractivity contribution in [2.75, 3.05) is 0 Å². The number of rotatable bonds is 5. The summed E-state index contributed by atoms with van der Waals surface area (Å²) in [6, 6.07) is 12.5. The van der Waals surface area contributed by atoms with Gasteiger partial charge in [-0.3, -0.25) is 0 Å². The predicted octanol–water partition coefficient (Wildman–Crippen LogP) is 10.0. The minimum Gasteiger partial charge on any atom is -0.429 e. The van der Waals surface area contributed by atoms with Gasteiger partial charge in [0.1, 0.15) is 34.6 Å². The fraction of sp³-hybridized carbons (Fsp3) is 0.250. The van der Waals surface area contributed by atoms with Gasteiger partial charge in [0.25, 0.3) is 0 Å². The van der Waals surface area contributed by atoms with Crippen LogP contribution < -0.4 is 4.74 Å². The molecule has 1 saturated carbocycles. The van der Waals surface area contributed by atoms with Crippen molar-refractivity contribution in [3.63, 3.8) is 0 Å². The van der Waals surface area contributed by atoms with Crippen LogP contribution in [0.1, 0.15) is 59.8 Å². The lowest BCUT2D eigenvalue weighted by Crippen LogP contribution is -2.26. The van der Waals surface area contributed by atoms with Gasteiger partial charge in [-0.1, -0.05) is 36.3 Å². The minimum atomic E-state index is -5.10. The molecule has 224 valence electrons. The third-order valence-corrected chi connectivity index (χ3v) is 7.45. The van der Waals surface area contributed by atoms with Crippen molar-refractivity contribution in [1.29, 1.82) is 0 Å². The first kappa shape index (κ1) is 30.3. The molecule has 0 aliphatic heterocycles. The third-order valence-electron chi connectivity index (χ3n) is 7.45. The van der Waals surface area contributed by atoms with Gasteiger partial charge in [-0.05, 0) is 78.3 Å². The average molecular weight is 610 g/mol. The zero-order valence-corrected chi connectivity index (χ0v) is 21.9. The fourth-order valence-corrected chi connectivity index (χ4v) is 5.48. The van der Waals surface area contributed by atoms with Crippen molar-refractivity contribution in [2.45, 2.75) is 49.8 Å². The molecule has 0 amide bonds. The van der Waals surface area contributed by atoms with E-state index in [-0.39, 0.29) is 23.5 Å². The molecule has 0 radical (unpaired) electrons. The molecule has 4 aromatic carbocycles. The van der Waals surface area contributed by atoms with Gasteiger partial charge < -0.3 is 4.74 Å². The molecule has 1 fully saturated rings. The largest absolute Gasteiger partial charge is 0.458 e. The molecule has 0 aromatic heterocycles. The van der Waals surface area contributed by atoms with Gasteiger partial charge in [0.2, 0.25) is 0 Å². The molecule has 0 N–H and O–H groups in total. The SMILES string of the molecule is Fc1cc2cc(OC(F)(F)c3c(F)cc(C4CCC(c5ccccc5)CC4)cc3F)cc(F)c2c(F)c1C#CC(F)(F)F. The highest BCUT2D eigenvalue weighted by Gasteiger charge is 2.42. The van der Waals surface area contributed by atoms with Gasteiger partial charge in [0, 0.05) is 12.0 Å². The van der Waals surface area contributed by atoms with E-state index >= 15 is 8.78 Å². The summed E-state index contributed by atoms with van der Waals surface area (Å²) in [6.45, 7) is 0. The van der Waals surface area contributed by atoms with Gasteiger partial charge in [0.15, 0.2) is 5.82 Å². The Balaban J connectivity index is 1.39. The van der Waals surface area contributed by atoms with E-state index < -0.39 is 69.0 Å². The average Bonchev–Trinajstić information content (AvgIpc) is 2.91. The first-order valence-corrected chi connectivity index (χ1v) is 13.1. The molecule has 0 spiro atoms. The van der Waals surface area contributed by atoms with Crippen molar-refractivity contribution in [1.82, 2.24) is 0 Å². The highest BCUT2D eigenvalue weighted by atomic mass is 19.4. The lowest BCUT2D eigenvalue weighted by molar-refractivity contribution is -0.189. The van der Waals surface area contributed by atoms with Crippen LogP contribution in [-0.2, 0) is 6.11 Å². The van der Waals surface area contributed by atoms with E-state index in [1.54, 1.807) is 0 Å². The minimum absolute atomic E-state index is 0.202. The molecule has 0 heterocycles. The monoisotopic (exact) mass is 610 g/mol. The van der Waals surface area contributed by atoms with E-state index in [9.17, 15) is 35.1 Å². The third kappa shape index (κ3) is 6.43. The zero-order valence-electron chi connectivity index (χ0n) is 21.9. The van der Waals surface area contributed by atoms with Crippen LogP contribution >= 0.6 is 0 Å². The van der Waals surface area contributed by atoms with Crippen LogP contribution in [0.3, 0.4) is 0 Å². The molecule has 5 rings (SSSR count). The summed E-state index contributed by atoms with van der Waals surface area (Å²) in [5, 5.41) is -1.76. The molecule has 1 aliphatic carbocycles. The molecule has 0 bridgehead atoms. The van der Waals surface area contributed by atoms with Gasteiger partial charge in [0.05, 0.1) is 10.9 Å². The Morgan fingerprint density at radius 2 is 1.23 bits per heavy atom. The summed E-state index contributed by atoms with van der Waals surface area (Å²) in [7, 11) is 0. The highest BCUT2D eigenvalue weighted by Crippen LogP contribution is 2.43. The molecule has 0 unspecified atom stereocenters. The second-order valence-corrected chi connectivity index (χ2v) is 10.2. The summed E-state index contributed by atoms with van der Waals surface area (Å²) >= 11 is 0. The summed E-state index contributed by atoms with van der Waals surface area (Å²) in [5.41, 5.74) is -1.78. The van der Waals surface area contributed by atoms with Gasteiger partial charge in [-0.2, -0.15) is 22.0 Å². The van der Waals surface area contributed by atoms with Gasteiger partial charge >= 0.3 is 12.3 Å². The Hall–Kier alpha value is -4.20. The van der Waals surface area contributed by atoms with Crippen molar-refractivity contribution >= 4 is 10.8 Å². The summed E-state index contributed by atoms with van der Waals surface area (Å²) < 4.78 is 145.